The maximum atomic E-state index is 11.9. The number of carbonyl (C=O) groups is 1. The number of carbonyl (C=O) groups excluding carboxylic acids is 1. The number of benzene rings is 1. The van der Waals surface area contributed by atoms with E-state index in [1.54, 1.807) is 0 Å². The molecule has 0 saturated heterocycles. The second-order valence-corrected chi connectivity index (χ2v) is 6.43. The molecule has 2 rings (SSSR count). The van der Waals surface area contributed by atoms with Crippen molar-refractivity contribution in [3.05, 3.63) is 35.9 Å². The van der Waals surface area contributed by atoms with E-state index in [4.69, 9.17) is 0 Å². The first-order chi connectivity index (χ1) is 9.58. The Morgan fingerprint density at radius 2 is 2.00 bits per heavy atom. The lowest BCUT2D eigenvalue weighted by molar-refractivity contribution is -0.120. The van der Waals surface area contributed by atoms with E-state index in [1.807, 2.05) is 30.3 Å². The molecular weight excluding hydrogens is 248 g/mol. The van der Waals surface area contributed by atoms with Crippen LogP contribution in [0.5, 0.6) is 0 Å². The van der Waals surface area contributed by atoms with Crippen molar-refractivity contribution in [2.75, 3.05) is 6.54 Å². The van der Waals surface area contributed by atoms with Crippen molar-refractivity contribution >= 4 is 5.91 Å². The van der Waals surface area contributed by atoms with Gasteiger partial charge in [-0.15, -0.1) is 0 Å². The SMILES string of the molecule is CC1(C)CCCCC1NCC(=O)NCc1ccccc1. The van der Waals surface area contributed by atoms with Crippen LogP contribution in [0.15, 0.2) is 30.3 Å². The molecule has 3 heteroatoms. The summed E-state index contributed by atoms with van der Waals surface area (Å²) in [6, 6.07) is 10.5. The predicted molar refractivity (Wildman–Crippen MR) is 82.3 cm³/mol. The van der Waals surface area contributed by atoms with Crippen LogP contribution in [-0.4, -0.2) is 18.5 Å². The van der Waals surface area contributed by atoms with Crippen LogP contribution in [0, 0.1) is 5.41 Å². The molecule has 2 N–H and O–H groups in total. The molecule has 20 heavy (non-hydrogen) atoms. The first kappa shape index (κ1) is 15.0. The summed E-state index contributed by atoms with van der Waals surface area (Å²) in [5.74, 6) is 0.0789. The van der Waals surface area contributed by atoms with Crippen LogP contribution in [0.25, 0.3) is 0 Å². The maximum Gasteiger partial charge on any atom is 0.234 e. The molecule has 0 aromatic heterocycles. The van der Waals surface area contributed by atoms with E-state index in [2.05, 4.69) is 24.5 Å². The van der Waals surface area contributed by atoms with Gasteiger partial charge in [0.05, 0.1) is 6.54 Å². The van der Waals surface area contributed by atoms with E-state index < -0.39 is 0 Å². The monoisotopic (exact) mass is 274 g/mol. The summed E-state index contributed by atoms with van der Waals surface area (Å²) < 4.78 is 0. The normalized spacial score (nSPS) is 21.4. The van der Waals surface area contributed by atoms with E-state index in [1.165, 1.54) is 25.7 Å². The van der Waals surface area contributed by atoms with Crippen LogP contribution in [-0.2, 0) is 11.3 Å². The van der Waals surface area contributed by atoms with Crippen molar-refractivity contribution in [1.82, 2.24) is 10.6 Å². The summed E-state index contributed by atoms with van der Waals surface area (Å²) in [7, 11) is 0. The summed E-state index contributed by atoms with van der Waals surface area (Å²) in [5.41, 5.74) is 1.44. The number of hydrogen-bond acceptors (Lipinski definition) is 2. The standard InChI is InChI=1S/C17H26N2O/c1-17(2)11-7-6-10-15(17)18-13-16(20)19-12-14-8-4-3-5-9-14/h3-5,8-9,15,18H,6-7,10-13H2,1-2H3,(H,19,20). The fourth-order valence-electron chi connectivity index (χ4n) is 2.95. The van der Waals surface area contributed by atoms with Gasteiger partial charge in [-0.2, -0.15) is 0 Å². The molecule has 3 nitrogen and oxygen atoms in total. The molecule has 1 aromatic carbocycles. The van der Waals surface area contributed by atoms with Gasteiger partial charge in [0.25, 0.3) is 0 Å². The van der Waals surface area contributed by atoms with Crippen LogP contribution >= 0.6 is 0 Å². The van der Waals surface area contributed by atoms with Gasteiger partial charge in [-0.25, -0.2) is 0 Å². The van der Waals surface area contributed by atoms with Crippen molar-refractivity contribution in [3.8, 4) is 0 Å². The van der Waals surface area contributed by atoms with Gasteiger partial charge in [0.15, 0.2) is 0 Å². The molecule has 1 fully saturated rings. The Bertz CT molecular complexity index is 428. The highest BCUT2D eigenvalue weighted by Crippen LogP contribution is 2.35. The molecule has 1 aliphatic carbocycles. The fourth-order valence-corrected chi connectivity index (χ4v) is 2.95. The zero-order chi connectivity index (χ0) is 14.4. The van der Waals surface area contributed by atoms with Gasteiger partial charge in [-0.3, -0.25) is 4.79 Å². The third kappa shape index (κ3) is 4.34. The largest absolute Gasteiger partial charge is 0.351 e. The lowest BCUT2D eigenvalue weighted by Gasteiger charge is -2.39. The smallest absolute Gasteiger partial charge is 0.234 e. The molecule has 110 valence electrons. The van der Waals surface area contributed by atoms with Crippen LogP contribution in [0.1, 0.15) is 45.1 Å². The van der Waals surface area contributed by atoms with Crippen molar-refractivity contribution in [2.45, 2.75) is 52.1 Å². The first-order valence-corrected chi connectivity index (χ1v) is 7.62. The van der Waals surface area contributed by atoms with E-state index >= 15 is 0 Å². The fraction of sp³-hybridized carbons (Fsp3) is 0.588. The van der Waals surface area contributed by atoms with Gasteiger partial charge in [-0.05, 0) is 23.8 Å². The lowest BCUT2D eigenvalue weighted by Crippen LogP contribution is -2.47. The minimum absolute atomic E-state index is 0.0789. The summed E-state index contributed by atoms with van der Waals surface area (Å²) >= 11 is 0. The van der Waals surface area contributed by atoms with Crippen LogP contribution in [0.3, 0.4) is 0 Å². The first-order valence-electron chi connectivity index (χ1n) is 7.62. The molecular formula is C17H26N2O. The summed E-state index contributed by atoms with van der Waals surface area (Å²) in [4.78, 5) is 11.9. The van der Waals surface area contributed by atoms with Gasteiger partial charge in [0.1, 0.15) is 0 Å². The number of hydrogen-bond donors (Lipinski definition) is 2. The van der Waals surface area contributed by atoms with Crippen LogP contribution in [0.2, 0.25) is 0 Å². The van der Waals surface area contributed by atoms with Gasteiger partial charge >= 0.3 is 0 Å². The molecule has 0 aliphatic heterocycles. The lowest BCUT2D eigenvalue weighted by atomic mass is 9.73. The Hall–Kier alpha value is -1.35. The van der Waals surface area contributed by atoms with Gasteiger partial charge in [-0.1, -0.05) is 57.0 Å². The Kier molecular flexibility index (Phi) is 5.18. The van der Waals surface area contributed by atoms with E-state index in [0.29, 0.717) is 24.5 Å². The van der Waals surface area contributed by atoms with Gasteiger partial charge in [0.2, 0.25) is 5.91 Å². The molecule has 0 bridgehead atoms. The molecule has 1 aliphatic rings. The number of rotatable bonds is 5. The third-order valence-corrected chi connectivity index (χ3v) is 4.35. The van der Waals surface area contributed by atoms with Crippen LogP contribution in [0.4, 0.5) is 0 Å². The summed E-state index contributed by atoms with van der Waals surface area (Å²) in [5, 5.41) is 6.40. The maximum absolute atomic E-state index is 11.9. The number of nitrogens with one attached hydrogen (secondary N) is 2. The summed E-state index contributed by atoms with van der Waals surface area (Å²) in [6.45, 7) is 5.62. The quantitative estimate of drug-likeness (QED) is 0.867. The Balaban J connectivity index is 1.72. The molecule has 1 saturated carbocycles. The Labute approximate surface area is 122 Å². The molecule has 1 aromatic rings. The third-order valence-electron chi connectivity index (χ3n) is 4.35. The van der Waals surface area contributed by atoms with E-state index in [-0.39, 0.29) is 5.91 Å². The average Bonchev–Trinajstić information content (AvgIpc) is 2.44. The minimum atomic E-state index is 0.0789. The van der Waals surface area contributed by atoms with E-state index in [0.717, 1.165) is 5.56 Å². The molecule has 0 radical (unpaired) electrons. The van der Waals surface area contributed by atoms with Crippen molar-refractivity contribution in [3.63, 3.8) is 0 Å². The molecule has 1 atom stereocenters. The second-order valence-electron chi connectivity index (χ2n) is 6.43. The van der Waals surface area contributed by atoms with Crippen molar-refractivity contribution in [2.24, 2.45) is 5.41 Å². The highest BCUT2D eigenvalue weighted by molar-refractivity contribution is 5.78. The number of amides is 1. The van der Waals surface area contributed by atoms with Crippen molar-refractivity contribution < 1.29 is 4.79 Å². The average molecular weight is 274 g/mol. The zero-order valence-electron chi connectivity index (χ0n) is 12.6. The predicted octanol–water partition coefficient (Wildman–Crippen LogP) is 2.86. The molecule has 0 spiro atoms. The van der Waals surface area contributed by atoms with Crippen molar-refractivity contribution in [1.29, 1.82) is 0 Å². The molecule has 1 amide bonds. The van der Waals surface area contributed by atoms with Crippen LogP contribution < -0.4 is 10.6 Å². The highest BCUT2D eigenvalue weighted by atomic mass is 16.1. The molecule has 1 unspecified atom stereocenters. The molecule has 0 heterocycles. The minimum Gasteiger partial charge on any atom is -0.351 e. The Morgan fingerprint density at radius 3 is 2.70 bits per heavy atom. The Morgan fingerprint density at radius 1 is 1.25 bits per heavy atom. The highest BCUT2D eigenvalue weighted by Gasteiger charge is 2.31. The topological polar surface area (TPSA) is 41.1 Å². The second kappa shape index (κ2) is 6.89. The summed E-state index contributed by atoms with van der Waals surface area (Å²) in [6.07, 6.45) is 5.01. The van der Waals surface area contributed by atoms with Gasteiger partial charge in [0, 0.05) is 12.6 Å². The van der Waals surface area contributed by atoms with E-state index in [9.17, 15) is 4.79 Å². The van der Waals surface area contributed by atoms with Gasteiger partial charge < -0.3 is 10.6 Å². The zero-order valence-corrected chi connectivity index (χ0v) is 12.6.